The zero-order valence-corrected chi connectivity index (χ0v) is 34.5. The molecule has 4 rings (SSSR count). The topological polar surface area (TPSA) is 141 Å². The molecule has 0 bridgehead atoms. The largest absolute Gasteiger partial charge is 0.458 e. The molecule has 58 heavy (non-hydrogen) atoms. The zero-order chi connectivity index (χ0) is 41.0. The van der Waals surface area contributed by atoms with Crippen molar-refractivity contribution in [3.8, 4) is 0 Å². The number of aliphatic hydroxyl groups is 1. The quantitative estimate of drug-likeness (QED) is 0.0183. The first-order valence-corrected chi connectivity index (χ1v) is 21.2. The van der Waals surface area contributed by atoms with Gasteiger partial charge in [-0.1, -0.05) is 173 Å². The number of carbonyl (C=O) groups excluding carboxylic acids is 1. The van der Waals surface area contributed by atoms with E-state index in [0.29, 0.717) is 6.61 Å². The van der Waals surface area contributed by atoms with Gasteiger partial charge in [0.15, 0.2) is 6.29 Å². The number of aliphatic hydroxyl groups excluding tert-OH is 1. The van der Waals surface area contributed by atoms with Crippen LogP contribution in [0.25, 0.3) is 10.4 Å². The van der Waals surface area contributed by atoms with Crippen molar-refractivity contribution in [3.05, 3.63) is 130 Å². The van der Waals surface area contributed by atoms with Crippen LogP contribution in [0.1, 0.15) is 108 Å². The molecule has 1 N–H and O–H groups in total. The van der Waals surface area contributed by atoms with Gasteiger partial charge in [-0.2, -0.15) is 0 Å². The number of hydrogen-bond acceptors (Lipinski definition) is 9. The summed E-state index contributed by atoms with van der Waals surface area (Å²) >= 11 is 0. The highest BCUT2D eigenvalue weighted by Gasteiger charge is 2.48. The van der Waals surface area contributed by atoms with Gasteiger partial charge in [0, 0.05) is 11.8 Å². The Kier molecular flexibility index (Phi) is 22.8. The number of hydrogen-bond donors (Lipinski definition) is 1. The van der Waals surface area contributed by atoms with Crippen molar-refractivity contribution < 1.29 is 38.3 Å². The molecule has 0 saturated carbocycles. The Morgan fingerprint density at radius 2 is 1.28 bits per heavy atom. The van der Waals surface area contributed by atoms with E-state index in [1.165, 1.54) is 64.7 Å². The van der Waals surface area contributed by atoms with Crippen LogP contribution in [-0.4, -0.2) is 67.1 Å². The smallest absolute Gasteiger partial charge is 0.303 e. The van der Waals surface area contributed by atoms with E-state index in [1.54, 1.807) is 6.08 Å². The summed E-state index contributed by atoms with van der Waals surface area (Å²) in [5.74, 6) is -0.514. The third kappa shape index (κ3) is 17.8. The van der Waals surface area contributed by atoms with E-state index in [9.17, 15) is 15.4 Å². The highest BCUT2D eigenvalue weighted by atomic mass is 16.7. The van der Waals surface area contributed by atoms with Gasteiger partial charge in [-0.25, -0.2) is 0 Å². The number of carbonyl (C=O) groups is 1. The second kappa shape index (κ2) is 28.4. The minimum atomic E-state index is -1.30. The van der Waals surface area contributed by atoms with E-state index in [0.717, 1.165) is 36.0 Å². The first kappa shape index (κ1) is 46.6. The average molecular weight is 800 g/mol. The average Bonchev–Trinajstić information content (AvgIpc) is 3.24. The summed E-state index contributed by atoms with van der Waals surface area (Å²) in [7, 11) is 0. The van der Waals surface area contributed by atoms with E-state index in [2.05, 4.69) is 16.9 Å². The maximum absolute atomic E-state index is 12.2. The molecule has 7 atom stereocenters. The number of unbranched alkanes of at least 4 members (excludes halogenated alkanes) is 11. The fourth-order valence-electron chi connectivity index (χ4n) is 7.01. The maximum Gasteiger partial charge on any atom is 0.303 e. The van der Waals surface area contributed by atoms with Crippen LogP contribution in [0.2, 0.25) is 0 Å². The second-order valence-corrected chi connectivity index (χ2v) is 15.0. The molecule has 0 unspecified atom stereocenters. The van der Waals surface area contributed by atoms with Crippen LogP contribution in [0, 0.1) is 0 Å². The Morgan fingerprint density at radius 1 is 0.759 bits per heavy atom. The van der Waals surface area contributed by atoms with E-state index < -0.39 is 48.8 Å². The number of allylic oxidation sites excluding steroid dienone is 1. The Hall–Kier alpha value is -4.06. The summed E-state index contributed by atoms with van der Waals surface area (Å²) in [6.07, 6.45) is 12.6. The van der Waals surface area contributed by atoms with E-state index in [-0.39, 0.29) is 26.4 Å². The van der Waals surface area contributed by atoms with Gasteiger partial charge >= 0.3 is 5.97 Å². The molecule has 1 heterocycles. The molecule has 3 aromatic carbocycles. The molecule has 1 aliphatic rings. The molecule has 316 valence electrons. The number of esters is 1. The molecular formula is C47H65N3O8. The van der Waals surface area contributed by atoms with E-state index >= 15 is 0 Å². The second-order valence-electron chi connectivity index (χ2n) is 15.0. The van der Waals surface area contributed by atoms with E-state index in [4.69, 9.17) is 28.4 Å². The standard InChI is InChI=1S/C47H65N3O8/c1-3-4-5-6-7-8-9-10-11-12-13-14-24-31-42(57-37(2)51)41(49-50-48)35-56-47-44(52)46(55-34-40-29-22-17-23-30-40)45(54-33-39-27-20-16-21-28-39)43(58-47)36-53-32-38-25-18-15-19-26-38/h15-31,41-47,52H,3-14,32-36H2,1-2H3/b31-24+/t41-,42+,43+,44+,45+,46+,47-/m0/s1. The minimum absolute atomic E-state index is 0.115. The Bertz CT molecular complexity index is 1590. The van der Waals surface area contributed by atoms with Crippen molar-refractivity contribution in [3.63, 3.8) is 0 Å². The number of rotatable bonds is 29. The van der Waals surface area contributed by atoms with Crippen LogP contribution in [0.5, 0.6) is 0 Å². The van der Waals surface area contributed by atoms with Crippen LogP contribution < -0.4 is 0 Å². The first-order chi connectivity index (χ1) is 28.5. The molecule has 0 radical (unpaired) electrons. The lowest BCUT2D eigenvalue weighted by Crippen LogP contribution is -2.61. The van der Waals surface area contributed by atoms with Gasteiger partial charge in [0.25, 0.3) is 0 Å². The summed E-state index contributed by atoms with van der Waals surface area (Å²) in [5, 5.41) is 15.8. The monoisotopic (exact) mass is 799 g/mol. The maximum atomic E-state index is 12.2. The molecule has 0 aliphatic carbocycles. The molecule has 3 aromatic rings. The normalized spacial score (nSPS) is 20.4. The first-order valence-electron chi connectivity index (χ1n) is 21.2. The Morgan fingerprint density at radius 3 is 1.81 bits per heavy atom. The lowest BCUT2D eigenvalue weighted by Gasteiger charge is -2.44. The lowest BCUT2D eigenvalue weighted by atomic mass is 9.98. The van der Waals surface area contributed by atoms with Crippen LogP contribution in [0.3, 0.4) is 0 Å². The highest BCUT2D eigenvalue weighted by Crippen LogP contribution is 2.30. The Labute approximate surface area is 345 Å². The molecule has 11 nitrogen and oxygen atoms in total. The molecular weight excluding hydrogens is 735 g/mol. The third-order valence-corrected chi connectivity index (χ3v) is 10.2. The highest BCUT2D eigenvalue weighted by molar-refractivity contribution is 5.66. The van der Waals surface area contributed by atoms with Gasteiger partial charge in [0.2, 0.25) is 0 Å². The van der Waals surface area contributed by atoms with Gasteiger partial charge < -0.3 is 33.5 Å². The fraction of sp³-hybridized carbons (Fsp3) is 0.553. The molecule has 0 amide bonds. The van der Waals surface area contributed by atoms with Crippen molar-refractivity contribution in [2.75, 3.05) is 13.2 Å². The minimum Gasteiger partial charge on any atom is -0.458 e. The van der Waals surface area contributed by atoms with Crippen molar-refractivity contribution in [2.24, 2.45) is 5.11 Å². The summed E-state index contributed by atoms with van der Waals surface area (Å²) in [5.41, 5.74) is 12.4. The summed E-state index contributed by atoms with van der Waals surface area (Å²) in [4.78, 5) is 15.2. The van der Waals surface area contributed by atoms with Gasteiger partial charge in [-0.3, -0.25) is 4.79 Å². The summed E-state index contributed by atoms with van der Waals surface area (Å²) < 4.78 is 37.4. The predicted molar refractivity (Wildman–Crippen MR) is 225 cm³/mol. The van der Waals surface area contributed by atoms with Gasteiger partial charge in [-0.15, -0.1) is 0 Å². The van der Waals surface area contributed by atoms with Crippen molar-refractivity contribution >= 4 is 5.97 Å². The Balaban J connectivity index is 1.42. The summed E-state index contributed by atoms with van der Waals surface area (Å²) in [6, 6.07) is 28.3. The molecule has 0 aromatic heterocycles. The van der Waals surface area contributed by atoms with Crippen LogP contribution in [0.4, 0.5) is 0 Å². The zero-order valence-electron chi connectivity index (χ0n) is 34.5. The van der Waals surface area contributed by atoms with Gasteiger partial charge in [0.1, 0.15) is 36.6 Å². The number of azide groups is 1. The molecule has 1 fully saturated rings. The fourth-order valence-corrected chi connectivity index (χ4v) is 7.01. The van der Waals surface area contributed by atoms with Crippen LogP contribution in [0.15, 0.2) is 108 Å². The van der Waals surface area contributed by atoms with Crippen molar-refractivity contribution in [1.29, 1.82) is 0 Å². The van der Waals surface area contributed by atoms with E-state index in [1.807, 2.05) is 97.1 Å². The predicted octanol–water partition coefficient (Wildman–Crippen LogP) is 10.3. The van der Waals surface area contributed by atoms with Crippen molar-refractivity contribution in [2.45, 2.75) is 154 Å². The molecule has 1 saturated heterocycles. The molecule has 0 spiro atoms. The number of benzene rings is 3. The van der Waals surface area contributed by atoms with Crippen LogP contribution in [-0.2, 0) is 53.0 Å². The van der Waals surface area contributed by atoms with Gasteiger partial charge in [0.05, 0.1) is 33.0 Å². The third-order valence-electron chi connectivity index (χ3n) is 10.2. The summed E-state index contributed by atoms with van der Waals surface area (Å²) in [6.45, 7) is 4.27. The van der Waals surface area contributed by atoms with Crippen LogP contribution >= 0.6 is 0 Å². The lowest BCUT2D eigenvalue weighted by molar-refractivity contribution is -0.319. The number of ether oxygens (including phenoxy) is 6. The molecule has 11 heteroatoms. The number of nitrogens with zero attached hydrogens (tertiary/aromatic N) is 3. The van der Waals surface area contributed by atoms with Crippen molar-refractivity contribution in [1.82, 2.24) is 0 Å². The SMILES string of the molecule is CCCCCCCCCCCCC/C=C/[C@@H](OC(C)=O)[C@H](CO[C@H]1O[C@H](COCc2ccccc2)[C@@H](OCc2ccccc2)[C@H](OCc2ccccc2)[C@H]1O)N=[N+]=[N-]. The molecule has 1 aliphatic heterocycles. The van der Waals surface area contributed by atoms with Gasteiger partial charge in [-0.05, 0) is 41.1 Å².